The molecule has 1 aliphatic carbocycles. The molecule has 1 aromatic rings. The number of likely N-dealkylation sites (N-methyl/N-ethyl adjacent to an activating group) is 1. The minimum absolute atomic E-state index is 0.128. The van der Waals surface area contributed by atoms with Crippen molar-refractivity contribution in [3.63, 3.8) is 0 Å². The second-order valence-electron chi connectivity index (χ2n) is 7.34. The van der Waals surface area contributed by atoms with E-state index in [1.165, 1.54) is 43.4 Å². The van der Waals surface area contributed by atoms with Crippen LogP contribution < -0.4 is 10.6 Å². The van der Waals surface area contributed by atoms with Gasteiger partial charge in [-0.15, -0.1) is 0 Å². The summed E-state index contributed by atoms with van der Waals surface area (Å²) < 4.78 is 0. The van der Waals surface area contributed by atoms with Crippen LogP contribution in [-0.2, 0) is 0 Å². The number of hydrogen-bond donors (Lipinski definition) is 1. The molecule has 1 saturated carbocycles. The van der Waals surface area contributed by atoms with Crippen molar-refractivity contribution in [1.82, 2.24) is 0 Å². The molecule has 0 amide bonds. The maximum atomic E-state index is 6.22. The molecule has 2 nitrogen and oxygen atoms in total. The molecule has 1 aliphatic rings. The van der Waals surface area contributed by atoms with Gasteiger partial charge < -0.3 is 10.6 Å². The van der Waals surface area contributed by atoms with E-state index in [9.17, 15) is 0 Å². The van der Waals surface area contributed by atoms with Gasteiger partial charge in [0.2, 0.25) is 0 Å². The molecule has 0 radical (unpaired) electrons. The number of rotatable bonds is 3. The van der Waals surface area contributed by atoms with E-state index in [0.717, 1.165) is 6.54 Å². The number of hydrogen-bond acceptors (Lipinski definition) is 2. The summed E-state index contributed by atoms with van der Waals surface area (Å²) in [6, 6.07) is 8.83. The van der Waals surface area contributed by atoms with Crippen molar-refractivity contribution >= 4 is 5.69 Å². The summed E-state index contributed by atoms with van der Waals surface area (Å²) in [4.78, 5) is 2.44. The fourth-order valence-corrected chi connectivity index (χ4v) is 3.44. The van der Waals surface area contributed by atoms with Gasteiger partial charge in [-0.25, -0.2) is 0 Å². The lowest BCUT2D eigenvalue weighted by atomic mass is 9.83. The summed E-state index contributed by atoms with van der Waals surface area (Å²) in [6.07, 6.45) is 6.26. The fourth-order valence-electron chi connectivity index (χ4n) is 3.44. The van der Waals surface area contributed by atoms with E-state index in [-0.39, 0.29) is 5.54 Å². The van der Waals surface area contributed by atoms with Crippen LogP contribution in [0.25, 0.3) is 0 Å². The van der Waals surface area contributed by atoms with E-state index in [4.69, 9.17) is 5.73 Å². The molecule has 0 aliphatic heterocycles. The summed E-state index contributed by atoms with van der Waals surface area (Å²) >= 11 is 0. The number of nitrogens with zero attached hydrogens (tertiary/aromatic N) is 1. The van der Waals surface area contributed by atoms with Crippen LogP contribution >= 0.6 is 0 Å². The van der Waals surface area contributed by atoms with Crippen molar-refractivity contribution in [2.75, 3.05) is 18.5 Å². The third kappa shape index (κ3) is 3.17. The van der Waals surface area contributed by atoms with E-state index in [2.05, 4.69) is 57.0 Å². The molecule has 0 heterocycles. The first kappa shape index (κ1) is 15.4. The van der Waals surface area contributed by atoms with Gasteiger partial charge in [-0.2, -0.15) is 0 Å². The molecule has 2 heteroatoms. The van der Waals surface area contributed by atoms with Gasteiger partial charge in [0, 0.05) is 19.3 Å². The molecule has 1 aromatic carbocycles. The van der Waals surface area contributed by atoms with Gasteiger partial charge in [0.05, 0.1) is 5.54 Å². The molecule has 0 aromatic heterocycles. The van der Waals surface area contributed by atoms with Crippen LogP contribution in [0, 0.1) is 12.3 Å². The van der Waals surface area contributed by atoms with Gasteiger partial charge in [-0.1, -0.05) is 38.0 Å². The lowest BCUT2D eigenvalue weighted by Gasteiger charge is -2.43. The van der Waals surface area contributed by atoms with E-state index >= 15 is 0 Å². The lowest BCUT2D eigenvalue weighted by molar-refractivity contribution is 0.296. The zero-order chi connectivity index (χ0) is 14.8. The smallest absolute Gasteiger partial charge is 0.0521 e. The molecule has 1 atom stereocenters. The Labute approximate surface area is 124 Å². The first-order valence-electron chi connectivity index (χ1n) is 7.89. The number of nitrogens with two attached hydrogens (primary N) is 1. The van der Waals surface area contributed by atoms with E-state index < -0.39 is 0 Å². The van der Waals surface area contributed by atoms with Crippen LogP contribution in [0.1, 0.15) is 51.5 Å². The minimum atomic E-state index is 0.128. The van der Waals surface area contributed by atoms with E-state index in [0.29, 0.717) is 5.41 Å². The van der Waals surface area contributed by atoms with Crippen LogP contribution in [0.4, 0.5) is 5.69 Å². The first-order valence-corrected chi connectivity index (χ1v) is 7.89. The van der Waals surface area contributed by atoms with Crippen molar-refractivity contribution in [3.05, 3.63) is 29.8 Å². The molecule has 0 bridgehead atoms. The third-order valence-corrected chi connectivity index (χ3v) is 5.28. The van der Waals surface area contributed by atoms with Crippen LogP contribution in [0.15, 0.2) is 24.3 Å². The first-order chi connectivity index (χ1) is 9.38. The van der Waals surface area contributed by atoms with Crippen LogP contribution in [-0.4, -0.2) is 19.1 Å². The van der Waals surface area contributed by atoms with Gasteiger partial charge in [-0.05, 0) is 50.2 Å². The average Bonchev–Trinajstić information content (AvgIpc) is 2.58. The zero-order valence-corrected chi connectivity index (χ0v) is 13.6. The van der Waals surface area contributed by atoms with Gasteiger partial charge in [0.15, 0.2) is 0 Å². The maximum Gasteiger partial charge on any atom is 0.0521 e. The Hall–Kier alpha value is -1.02. The molecule has 1 fully saturated rings. The van der Waals surface area contributed by atoms with Crippen molar-refractivity contribution < 1.29 is 0 Å². The predicted octanol–water partition coefficient (Wildman–Crippen LogP) is 4.12. The Morgan fingerprint density at radius 2 is 1.70 bits per heavy atom. The van der Waals surface area contributed by atoms with E-state index in [1.54, 1.807) is 0 Å². The largest absolute Gasteiger partial charge is 0.368 e. The quantitative estimate of drug-likeness (QED) is 0.840. The molecular weight excluding hydrogens is 244 g/mol. The molecular formula is C18H30N2. The molecule has 1 unspecified atom stereocenters. The highest BCUT2D eigenvalue weighted by molar-refractivity contribution is 5.49. The highest BCUT2D eigenvalue weighted by Gasteiger charge is 2.37. The van der Waals surface area contributed by atoms with Crippen molar-refractivity contribution in [1.29, 1.82) is 0 Å². The Bertz CT molecular complexity index is 435. The number of benzene rings is 1. The second-order valence-corrected chi connectivity index (χ2v) is 7.34. The van der Waals surface area contributed by atoms with Gasteiger partial charge in [0.1, 0.15) is 0 Å². The van der Waals surface area contributed by atoms with E-state index in [1.807, 2.05) is 0 Å². The molecule has 2 rings (SSSR count). The standard InChI is InChI=1S/C18H30N2/c1-15-6-8-16(9-7-15)20(4)18(14-19)11-5-10-17(2,3)12-13-18/h6-9H,5,10-14,19H2,1-4H3. The Morgan fingerprint density at radius 3 is 2.30 bits per heavy atom. The minimum Gasteiger partial charge on any atom is -0.368 e. The van der Waals surface area contributed by atoms with Gasteiger partial charge in [0.25, 0.3) is 0 Å². The molecule has 112 valence electrons. The second kappa shape index (κ2) is 5.77. The summed E-state index contributed by atoms with van der Waals surface area (Å²) in [5.41, 5.74) is 9.42. The van der Waals surface area contributed by atoms with Gasteiger partial charge >= 0.3 is 0 Å². The normalized spacial score (nSPS) is 26.1. The monoisotopic (exact) mass is 274 g/mol. The molecule has 0 saturated heterocycles. The zero-order valence-electron chi connectivity index (χ0n) is 13.6. The predicted molar refractivity (Wildman–Crippen MR) is 88.2 cm³/mol. The summed E-state index contributed by atoms with van der Waals surface area (Å²) in [5, 5.41) is 0. The topological polar surface area (TPSA) is 29.3 Å². The van der Waals surface area contributed by atoms with Crippen molar-refractivity contribution in [2.24, 2.45) is 11.1 Å². The fraction of sp³-hybridized carbons (Fsp3) is 0.667. The highest BCUT2D eigenvalue weighted by Crippen LogP contribution is 2.41. The van der Waals surface area contributed by atoms with Crippen LogP contribution in [0.2, 0.25) is 0 Å². The summed E-state index contributed by atoms with van der Waals surface area (Å²) in [5.74, 6) is 0. The van der Waals surface area contributed by atoms with Crippen molar-refractivity contribution in [3.8, 4) is 0 Å². The van der Waals surface area contributed by atoms with Crippen LogP contribution in [0.5, 0.6) is 0 Å². The molecule has 2 N–H and O–H groups in total. The maximum absolute atomic E-state index is 6.22. The highest BCUT2D eigenvalue weighted by atomic mass is 15.2. The van der Waals surface area contributed by atoms with Crippen molar-refractivity contribution in [2.45, 2.75) is 58.4 Å². The number of aryl methyl sites for hydroxylation is 1. The Morgan fingerprint density at radius 1 is 1.05 bits per heavy atom. The number of anilines is 1. The SMILES string of the molecule is Cc1ccc(N(C)C2(CN)CCCC(C)(C)CC2)cc1. The molecule has 0 spiro atoms. The van der Waals surface area contributed by atoms with Crippen LogP contribution in [0.3, 0.4) is 0 Å². The summed E-state index contributed by atoms with van der Waals surface area (Å²) in [6.45, 7) is 7.67. The Balaban J connectivity index is 2.23. The molecule has 20 heavy (non-hydrogen) atoms. The Kier molecular flexibility index (Phi) is 4.43. The summed E-state index contributed by atoms with van der Waals surface area (Å²) in [7, 11) is 2.22. The van der Waals surface area contributed by atoms with Gasteiger partial charge in [-0.3, -0.25) is 0 Å². The average molecular weight is 274 g/mol. The third-order valence-electron chi connectivity index (χ3n) is 5.28. The lowest BCUT2D eigenvalue weighted by Crippen LogP contribution is -2.52.